The first kappa shape index (κ1) is 11.8. The largest absolute Gasteiger partial charge is 0.419 e. The lowest BCUT2D eigenvalue weighted by Gasteiger charge is -2.14. The molecular formula is C10H11F4N. The Morgan fingerprint density at radius 1 is 1.27 bits per heavy atom. The standard InChI is InChI=1S/C10H11F4N/c1-2-3-6-4-7(15)5-8(11)9(6)10(12,13)14/h4-5H,2-3,15H2,1H3. The van der Waals surface area contributed by atoms with Crippen molar-refractivity contribution >= 4 is 5.69 Å². The van der Waals surface area contributed by atoms with Gasteiger partial charge in [0.15, 0.2) is 0 Å². The van der Waals surface area contributed by atoms with Gasteiger partial charge in [-0.2, -0.15) is 13.2 Å². The fraction of sp³-hybridized carbons (Fsp3) is 0.400. The molecular weight excluding hydrogens is 210 g/mol. The fourth-order valence-electron chi connectivity index (χ4n) is 1.47. The monoisotopic (exact) mass is 221 g/mol. The van der Waals surface area contributed by atoms with Crippen LogP contribution in [0.4, 0.5) is 23.2 Å². The Bertz CT molecular complexity index is 357. The molecule has 0 atom stereocenters. The lowest BCUT2D eigenvalue weighted by molar-refractivity contribution is -0.140. The highest BCUT2D eigenvalue weighted by Crippen LogP contribution is 2.35. The molecule has 1 rings (SSSR count). The predicted molar refractivity (Wildman–Crippen MR) is 49.8 cm³/mol. The van der Waals surface area contributed by atoms with E-state index in [1.807, 2.05) is 0 Å². The first-order valence-corrected chi connectivity index (χ1v) is 4.51. The number of nitrogens with two attached hydrogens (primary N) is 1. The van der Waals surface area contributed by atoms with Crippen molar-refractivity contribution in [3.05, 3.63) is 29.1 Å². The van der Waals surface area contributed by atoms with E-state index in [9.17, 15) is 17.6 Å². The van der Waals surface area contributed by atoms with Crippen LogP contribution in [0.25, 0.3) is 0 Å². The third-order valence-electron chi connectivity index (χ3n) is 2.00. The van der Waals surface area contributed by atoms with Crippen LogP contribution in [-0.2, 0) is 12.6 Å². The van der Waals surface area contributed by atoms with Crippen molar-refractivity contribution in [1.82, 2.24) is 0 Å². The zero-order chi connectivity index (χ0) is 11.6. The molecule has 15 heavy (non-hydrogen) atoms. The van der Waals surface area contributed by atoms with Gasteiger partial charge in [-0.1, -0.05) is 13.3 Å². The highest BCUT2D eigenvalue weighted by molar-refractivity contribution is 5.46. The highest BCUT2D eigenvalue weighted by Gasteiger charge is 2.36. The molecule has 0 radical (unpaired) electrons. The predicted octanol–water partition coefficient (Wildman–Crippen LogP) is 3.38. The van der Waals surface area contributed by atoms with Gasteiger partial charge in [0, 0.05) is 5.69 Å². The molecule has 0 aliphatic rings. The Balaban J connectivity index is 3.33. The number of alkyl halides is 3. The van der Waals surface area contributed by atoms with Crippen LogP contribution in [0.5, 0.6) is 0 Å². The zero-order valence-electron chi connectivity index (χ0n) is 8.16. The quantitative estimate of drug-likeness (QED) is 0.601. The molecule has 1 aromatic rings. The van der Waals surface area contributed by atoms with Gasteiger partial charge in [0.1, 0.15) is 5.82 Å². The molecule has 1 aromatic carbocycles. The smallest absolute Gasteiger partial charge is 0.399 e. The summed E-state index contributed by atoms with van der Waals surface area (Å²) in [6, 6.07) is 1.87. The maximum absolute atomic E-state index is 13.1. The van der Waals surface area contributed by atoms with E-state index in [-0.39, 0.29) is 17.7 Å². The van der Waals surface area contributed by atoms with Crippen LogP contribution in [0.15, 0.2) is 12.1 Å². The van der Waals surface area contributed by atoms with Gasteiger partial charge in [0.2, 0.25) is 0 Å². The second-order valence-corrected chi connectivity index (χ2v) is 3.28. The summed E-state index contributed by atoms with van der Waals surface area (Å²) in [6.07, 6.45) is -3.99. The lowest BCUT2D eigenvalue weighted by atomic mass is 10.0. The maximum Gasteiger partial charge on any atom is 0.419 e. The first-order chi connectivity index (χ1) is 6.86. The average molecular weight is 221 g/mol. The van der Waals surface area contributed by atoms with E-state index >= 15 is 0 Å². The van der Waals surface area contributed by atoms with Crippen molar-refractivity contribution in [3.63, 3.8) is 0 Å². The van der Waals surface area contributed by atoms with E-state index in [0.29, 0.717) is 12.5 Å². The topological polar surface area (TPSA) is 26.0 Å². The molecule has 2 N–H and O–H groups in total. The lowest BCUT2D eigenvalue weighted by Crippen LogP contribution is -2.13. The zero-order valence-corrected chi connectivity index (χ0v) is 8.16. The number of rotatable bonds is 2. The van der Waals surface area contributed by atoms with E-state index in [2.05, 4.69) is 0 Å². The van der Waals surface area contributed by atoms with Gasteiger partial charge in [-0.15, -0.1) is 0 Å². The number of hydrogen-bond acceptors (Lipinski definition) is 1. The van der Waals surface area contributed by atoms with Gasteiger partial charge < -0.3 is 5.73 Å². The molecule has 0 amide bonds. The second-order valence-electron chi connectivity index (χ2n) is 3.28. The van der Waals surface area contributed by atoms with E-state index in [0.717, 1.165) is 0 Å². The SMILES string of the molecule is CCCc1cc(N)cc(F)c1C(F)(F)F. The van der Waals surface area contributed by atoms with Crippen LogP contribution in [0.2, 0.25) is 0 Å². The molecule has 0 unspecified atom stereocenters. The molecule has 0 spiro atoms. The Hall–Kier alpha value is -1.26. The van der Waals surface area contributed by atoms with Crippen LogP contribution >= 0.6 is 0 Å². The minimum atomic E-state index is -4.66. The molecule has 1 nitrogen and oxygen atoms in total. The highest BCUT2D eigenvalue weighted by atomic mass is 19.4. The summed E-state index contributed by atoms with van der Waals surface area (Å²) in [5, 5.41) is 0. The number of halogens is 4. The molecule has 0 aliphatic heterocycles. The van der Waals surface area contributed by atoms with Crippen LogP contribution in [0, 0.1) is 5.82 Å². The van der Waals surface area contributed by atoms with Gasteiger partial charge in [-0.05, 0) is 24.1 Å². The summed E-state index contributed by atoms with van der Waals surface area (Å²) >= 11 is 0. The van der Waals surface area contributed by atoms with Gasteiger partial charge >= 0.3 is 6.18 Å². The van der Waals surface area contributed by atoms with Crippen molar-refractivity contribution in [2.24, 2.45) is 0 Å². The van der Waals surface area contributed by atoms with E-state index in [1.54, 1.807) is 6.92 Å². The van der Waals surface area contributed by atoms with Crippen LogP contribution in [-0.4, -0.2) is 0 Å². The van der Waals surface area contributed by atoms with Crippen LogP contribution < -0.4 is 5.73 Å². The number of nitrogen functional groups attached to an aromatic ring is 1. The molecule has 0 aliphatic carbocycles. The molecule has 0 aromatic heterocycles. The molecule has 5 heteroatoms. The molecule has 0 bridgehead atoms. The maximum atomic E-state index is 13.1. The molecule has 0 heterocycles. The molecule has 84 valence electrons. The number of benzene rings is 1. The Morgan fingerprint density at radius 3 is 2.33 bits per heavy atom. The Morgan fingerprint density at radius 2 is 1.87 bits per heavy atom. The summed E-state index contributed by atoms with van der Waals surface area (Å²) in [5.41, 5.74) is 4.04. The fourth-order valence-corrected chi connectivity index (χ4v) is 1.47. The third-order valence-corrected chi connectivity index (χ3v) is 2.00. The molecule has 0 saturated carbocycles. The summed E-state index contributed by atoms with van der Waals surface area (Å²) < 4.78 is 50.6. The van der Waals surface area contributed by atoms with Gasteiger partial charge in [-0.25, -0.2) is 4.39 Å². The van der Waals surface area contributed by atoms with Crippen LogP contribution in [0.3, 0.4) is 0 Å². The van der Waals surface area contributed by atoms with Gasteiger partial charge in [0.05, 0.1) is 5.56 Å². The van der Waals surface area contributed by atoms with Crippen molar-refractivity contribution in [2.45, 2.75) is 25.9 Å². The minimum absolute atomic E-state index is 0.0175. The van der Waals surface area contributed by atoms with E-state index in [1.165, 1.54) is 6.07 Å². The summed E-state index contributed by atoms with van der Waals surface area (Å²) in [6.45, 7) is 1.72. The van der Waals surface area contributed by atoms with Crippen molar-refractivity contribution < 1.29 is 17.6 Å². The third kappa shape index (κ3) is 2.61. The van der Waals surface area contributed by atoms with Crippen molar-refractivity contribution in [1.29, 1.82) is 0 Å². The molecule has 0 fully saturated rings. The first-order valence-electron chi connectivity index (χ1n) is 4.51. The van der Waals surface area contributed by atoms with Crippen LogP contribution in [0.1, 0.15) is 24.5 Å². The number of anilines is 1. The summed E-state index contributed by atoms with van der Waals surface area (Å²) in [7, 11) is 0. The van der Waals surface area contributed by atoms with E-state index in [4.69, 9.17) is 5.73 Å². The van der Waals surface area contributed by atoms with Gasteiger partial charge in [0.25, 0.3) is 0 Å². The Labute approximate surface area is 84.9 Å². The number of hydrogen-bond donors (Lipinski definition) is 1. The van der Waals surface area contributed by atoms with Gasteiger partial charge in [-0.3, -0.25) is 0 Å². The Kier molecular flexibility index (Phi) is 3.21. The average Bonchev–Trinajstić information content (AvgIpc) is 1.99. The number of aryl methyl sites for hydroxylation is 1. The molecule has 0 saturated heterocycles. The minimum Gasteiger partial charge on any atom is -0.399 e. The van der Waals surface area contributed by atoms with E-state index < -0.39 is 17.6 Å². The summed E-state index contributed by atoms with van der Waals surface area (Å²) in [4.78, 5) is 0. The van der Waals surface area contributed by atoms with Crippen molar-refractivity contribution in [3.8, 4) is 0 Å². The summed E-state index contributed by atoms with van der Waals surface area (Å²) in [5.74, 6) is -1.30. The normalized spacial score (nSPS) is 11.8. The van der Waals surface area contributed by atoms with Crippen molar-refractivity contribution in [2.75, 3.05) is 5.73 Å². The second kappa shape index (κ2) is 4.08.